The van der Waals surface area contributed by atoms with E-state index in [1.165, 1.54) is 0 Å². The molecule has 0 aromatic heterocycles. The first-order valence-electron chi connectivity index (χ1n) is 8.53. The molecule has 25 heavy (non-hydrogen) atoms. The zero-order valence-corrected chi connectivity index (χ0v) is 15.9. The van der Waals surface area contributed by atoms with Crippen LogP contribution in [-0.2, 0) is 4.79 Å². The molecule has 0 heterocycles. The van der Waals surface area contributed by atoms with Crippen molar-refractivity contribution in [3.8, 4) is 5.75 Å². The van der Waals surface area contributed by atoms with E-state index in [0.29, 0.717) is 10.8 Å². The maximum absolute atomic E-state index is 12.4. The van der Waals surface area contributed by atoms with Gasteiger partial charge in [0.25, 0.3) is 5.91 Å². The monoisotopic (exact) mass is 360 g/mol. The molecule has 0 saturated heterocycles. The van der Waals surface area contributed by atoms with E-state index in [4.69, 9.17) is 16.3 Å². The lowest BCUT2D eigenvalue weighted by atomic mass is 10.1. The number of aryl methyl sites for hydroxylation is 1. The van der Waals surface area contributed by atoms with E-state index >= 15 is 0 Å². The number of nitrogens with zero attached hydrogens (tertiary/aromatic N) is 1. The van der Waals surface area contributed by atoms with Crippen molar-refractivity contribution in [2.24, 2.45) is 0 Å². The number of halogens is 1. The lowest BCUT2D eigenvalue weighted by molar-refractivity contribution is -0.122. The van der Waals surface area contributed by atoms with Crippen LogP contribution in [0.1, 0.15) is 26.3 Å². The number of ether oxygens (including phenoxy) is 1. The third-order valence-electron chi connectivity index (χ3n) is 4.07. The summed E-state index contributed by atoms with van der Waals surface area (Å²) in [6.45, 7) is 9.87. The molecule has 134 valence electrons. The average Bonchev–Trinajstić information content (AvgIpc) is 2.58. The highest BCUT2D eigenvalue weighted by Gasteiger charge is 2.16. The fraction of sp³-hybridized carbons (Fsp3) is 0.350. The molecule has 0 aliphatic heterocycles. The van der Waals surface area contributed by atoms with Gasteiger partial charge in [0.15, 0.2) is 6.10 Å². The summed E-state index contributed by atoms with van der Waals surface area (Å²) in [5.74, 6) is 0.377. The third kappa shape index (κ3) is 5.13. The van der Waals surface area contributed by atoms with Gasteiger partial charge in [-0.05, 0) is 69.7 Å². The van der Waals surface area contributed by atoms with E-state index in [-0.39, 0.29) is 5.91 Å². The fourth-order valence-electron chi connectivity index (χ4n) is 2.61. The number of hydrogen-bond acceptors (Lipinski definition) is 3. The Bertz CT molecular complexity index is 729. The Labute approximate surface area is 154 Å². The average molecular weight is 361 g/mol. The van der Waals surface area contributed by atoms with Crippen molar-refractivity contribution in [2.45, 2.75) is 33.8 Å². The van der Waals surface area contributed by atoms with Crippen molar-refractivity contribution >= 4 is 28.9 Å². The maximum atomic E-state index is 12.4. The third-order valence-corrected chi connectivity index (χ3v) is 4.31. The Morgan fingerprint density at radius 1 is 1.20 bits per heavy atom. The zero-order chi connectivity index (χ0) is 18.4. The lowest BCUT2D eigenvalue weighted by Crippen LogP contribution is -2.30. The van der Waals surface area contributed by atoms with Gasteiger partial charge in [-0.1, -0.05) is 17.7 Å². The Kier molecular flexibility index (Phi) is 6.71. The first-order valence-corrected chi connectivity index (χ1v) is 8.91. The largest absolute Gasteiger partial charge is 0.481 e. The number of carbonyl (C=O) groups excluding carboxylic acids is 1. The minimum absolute atomic E-state index is 0.196. The van der Waals surface area contributed by atoms with E-state index in [0.717, 1.165) is 30.0 Å². The van der Waals surface area contributed by atoms with Crippen LogP contribution in [0.3, 0.4) is 0 Å². The summed E-state index contributed by atoms with van der Waals surface area (Å²) >= 11 is 5.94. The minimum atomic E-state index is -0.625. The lowest BCUT2D eigenvalue weighted by Gasteiger charge is -2.22. The molecule has 0 aliphatic carbocycles. The first-order chi connectivity index (χ1) is 11.9. The zero-order valence-electron chi connectivity index (χ0n) is 15.2. The van der Waals surface area contributed by atoms with Gasteiger partial charge in [-0.15, -0.1) is 0 Å². The van der Waals surface area contributed by atoms with Gasteiger partial charge in [-0.2, -0.15) is 0 Å². The van der Waals surface area contributed by atoms with Crippen LogP contribution in [0.25, 0.3) is 0 Å². The molecule has 4 nitrogen and oxygen atoms in total. The second kappa shape index (κ2) is 8.77. The van der Waals surface area contributed by atoms with Crippen molar-refractivity contribution in [1.82, 2.24) is 0 Å². The van der Waals surface area contributed by atoms with Gasteiger partial charge in [-0.25, -0.2) is 0 Å². The minimum Gasteiger partial charge on any atom is -0.481 e. The Morgan fingerprint density at radius 3 is 2.52 bits per heavy atom. The molecule has 1 amide bonds. The summed E-state index contributed by atoms with van der Waals surface area (Å²) < 4.78 is 5.66. The van der Waals surface area contributed by atoms with Crippen LogP contribution >= 0.6 is 11.6 Å². The van der Waals surface area contributed by atoms with Gasteiger partial charge in [0.2, 0.25) is 0 Å². The number of carbonyl (C=O) groups is 1. The van der Waals surface area contributed by atoms with Crippen molar-refractivity contribution in [3.05, 3.63) is 53.1 Å². The summed E-state index contributed by atoms with van der Waals surface area (Å²) in [5.41, 5.74) is 2.97. The van der Waals surface area contributed by atoms with Gasteiger partial charge >= 0.3 is 0 Å². The Balaban J connectivity index is 2.04. The summed E-state index contributed by atoms with van der Waals surface area (Å²) in [5, 5.41) is 3.51. The highest BCUT2D eigenvalue weighted by molar-refractivity contribution is 6.30. The van der Waals surface area contributed by atoms with E-state index in [9.17, 15) is 4.79 Å². The van der Waals surface area contributed by atoms with E-state index in [1.807, 2.05) is 19.1 Å². The first kappa shape index (κ1) is 19.1. The van der Waals surface area contributed by atoms with E-state index in [1.54, 1.807) is 31.2 Å². The van der Waals surface area contributed by atoms with Crippen molar-refractivity contribution in [2.75, 3.05) is 23.3 Å². The van der Waals surface area contributed by atoms with Gasteiger partial charge in [0, 0.05) is 29.5 Å². The van der Waals surface area contributed by atoms with Crippen LogP contribution in [-0.4, -0.2) is 25.1 Å². The van der Waals surface area contributed by atoms with Gasteiger partial charge in [-0.3, -0.25) is 4.79 Å². The number of nitrogens with one attached hydrogen (secondary N) is 1. The molecule has 1 N–H and O–H groups in total. The van der Waals surface area contributed by atoms with Crippen LogP contribution < -0.4 is 15.0 Å². The van der Waals surface area contributed by atoms with Crippen LogP contribution in [0, 0.1) is 6.92 Å². The summed E-state index contributed by atoms with van der Waals surface area (Å²) in [6.07, 6.45) is -0.625. The van der Waals surface area contributed by atoms with Crippen LogP contribution in [0.2, 0.25) is 5.02 Å². The predicted molar refractivity (Wildman–Crippen MR) is 105 cm³/mol. The molecule has 2 aromatic carbocycles. The molecular formula is C20H25ClN2O2. The molecule has 2 aromatic rings. The SMILES string of the molecule is CCN(CC)c1ccc(NC(=O)[C@@H](C)Oc2cccc(Cl)c2)c(C)c1. The number of anilines is 2. The molecule has 1 atom stereocenters. The Morgan fingerprint density at radius 2 is 1.92 bits per heavy atom. The molecule has 2 rings (SSSR count). The quantitative estimate of drug-likeness (QED) is 0.763. The van der Waals surface area contributed by atoms with Crippen molar-refractivity contribution in [1.29, 1.82) is 0 Å². The normalized spacial score (nSPS) is 11.7. The molecular weight excluding hydrogens is 336 g/mol. The molecule has 0 unspecified atom stereocenters. The van der Waals surface area contributed by atoms with Crippen LogP contribution in [0.5, 0.6) is 5.75 Å². The second-order valence-corrected chi connectivity index (χ2v) is 6.31. The van der Waals surface area contributed by atoms with Gasteiger partial charge < -0.3 is 15.0 Å². The summed E-state index contributed by atoms with van der Waals surface area (Å²) in [6, 6.07) is 13.1. The maximum Gasteiger partial charge on any atom is 0.265 e. The summed E-state index contributed by atoms with van der Waals surface area (Å²) in [7, 11) is 0. The molecule has 0 aliphatic rings. The second-order valence-electron chi connectivity index (χ2n) is 5.88. The number of amides is 1. The number of rotatable bonds is 7. The van der Waals surface area contributed by atoms with Crippen molar-refractivity contribution < 1.29 is 9.53 Å². The van der Waals surface area contributed by atoms with Crippen LogP contribution in [0.15, 0.2) is 42.5 Å². The van der Waals surface area contributed by atoms with E-state index in [2.05, 4.69) is 30.1 Å². The predicted octanol–water partition coefficient (Wildman–Crippen LogP) is 4.90. The molecule has 0 radical (unpaired) electrons. The molecule has 5 heteroatoms. The van der Waals surface area contributed by atoms with E-state index < -0.39 is 6.10 Å². The van der Waals surface area contributed by atoms with Crippen molar-refractivity contribution in [3.63, 3.8) is 0 Å². The smallest absolute Gasteiger partial charge is 0.265 e. The standard InChI is InChI=1S/C20H25ClN2O2/c1-5-23(6-2)17-10-11-19(14(3)12-17)22-20(24)15(4)25-18-9-7-8-16(21)13-18/h7-13,15H,5-6H2,1-4H3,(H,22,24)/t15-/m1/s1. The Hall–Kier alpha value is -2.20. The highest BCUT2D eigenvalue weighted by atomic mass is 35.5. The number of benzene rings is 2. The molecule has 0 spiro atoms. The van der Waals surface area contributed by atoms with Gasteiger partial charge in [0.1, 0.15) is 5.75 Å². The molecule has 0 fully saturated rings. The van der Waals surface area contributed by atoms with Crippen LogP contribution in [0.4, 0.5) is 11.4 Å². The topological polar surface area (TPSA) is 41.6 Å². The highest BCUT2D eigenvalue weighted by Crippen LogP contribution is 2.23. The fourth-order valence-corrected chi connectivity index (χ4v) is 2.79. The molecule has 0 saturated carbocycles. The number of hydrogen-bond donors (Lipinski definition) is 1. The molecule has 0 bridgehead atoms. The summed E-state index contributed by atoms with van der Waals surface area (Å²) in [4.78, 5) is 14.7. The van der Waals surface area contributed by atoms with Gasteiger partial charge in [0.05, 0.1) is 0 Å².